The van der Waals surface area contributed by atoms with Crippen molar-refractivity contribution in [2.45, 2.75) is 42.7 Å². The van der Waals surface area contributed by atoms with E-state index in [1.54, 1.807) is 0 Å². The predicted molar refractivity (Wildman–Crippen MR) is 64.5 cm³/mol. The van der Waals surface area contributed by atoms with E-state index >= 15 is 0 Å². The molecule has 0 aromatic carbocycles. The van der Waals surface area contributed by atoms with E-state index in [0.29, 0.717) is 0 Å². The lowest BCUT2D eigenvalue weighted by Crippen LogP contribution is -2.62. The Kier molecular flexibility index (Phi) is 5.87. The molecule has 0 aromatic heterocycles. The highest BCUT2D eigenvalue weighted by atomic mass is 16.7. The van der Waals surface area contributed by atoms with Crippen molar-refractivity contribution < 1.29 is 39.8 Å². The Labute approximate surface area is 119 Å². The van der Waals surface area contributed by atoms with Gasteiger partial charge in [-0.1, -0.05) is 5.11 Å². The second-order valence-corrected chi connectivity index (χ2v) is 4.57. The van der Waals surface area contributed by atoms with Crippen LogP contribution in [0.15, 0.2) is 5.11 Å². The molecule has 1 aliphatic rings. The maximum atomic E-state index is 11.5. The molecule has 1 aliphatic heterocycles. The summed E-state index contributed by atoms with van der Waals surface area (Å²) in [5.74, 6) is -3.80. The summed E-state index contributed by atoms with van der Waals surface area (Å²) in [6, 6.07) is -1.38. The maximum Gasteiger partial charge on any atom is 0.366 e. The van der Waals surface area contributed by atoms with Gasteiger partial charge in [-0.3, -0.25) is 0 Å². The molecule has 1 fully saturated rings. The lowest BCUT2D eigenvalue weighted by molar-refractivity contribution is -0.293. The van der Waals surface area contributed by atoms with Crippen molar-refractivity contribution in [2.75, 3.05) is 13.7 Å². The van der Waals surface area contributed by atoms with Gasteiger partial charge in [0.15, 0.2) is 0 Å². The second kappa shape index (κ2) is 7.00. The van der Waals surface area contributed by atoms with Gasteiger partial charge < -0.3 is 35.0 Å². The van der Waals surface area contributed by atoms with Crippen molar-refractivity contribution in [3.05, 3.63) is 10.4 Å². The van der Waals surface area contributed by atoms with Crippen molar-refractivity contribution in [3.8, 4) is 0 Å². The number of azide groups is 1. The van der Waals surface area contributed by atoms with Crippen molar-refractivity contribution in [3.63, 3.8) is 0 Å². The summed E-state index contributed by atoms with van der Waals surface area (Å²) in [6.07, 6.45) is -7.34. The van der Waals surface area contributed by atoms with Gasteiger partial charge in [-0.05, 0) is 5.53 Å². The van der Waals surface area contributed by atoms with Crippen LogP contribution in [-0.2, 0) is 14.3 Å². The molecule has 1 rings (SSSR count). The predicted octanol–water partition coefficient (Wildman–Crippen LogP) is -2.61. The molecular weight excluding hydrogens is 290 g/mol. The summed E-state index contributed by atoms with van der Waals surface area (Å²) in [4.78, 5) is 14.0. The van der Waals surface area contributed by atoms with E-state index in [-0.39, 0.29) is 0 Å². The normalized spacial score (nSPS) is 35.4. The van der Waals surface area contributed by atoms with Gasteiger partial charge >= 0.3 is 5.97 Å². The van der Waals surface area contributed by atoms with Crippen LogP contribution < -0.4 is 0 Å². The Bertz CT molecular complexity index is 429. The van der Waals surface area contributed by atoms with Crippen LogP contribution in [0.25, 0.3) is 10.4 Å². The molecule has 21 heavy (non-hydrogen) atoms. The summed E-state index contributed by atoms with van der Waals surface area (Å²) >= 11 is 0. The number of hydrogen-bond acceptors (Lipinski definition) is 9. The summed E-state index contributed by atoms with van der Waals surface area (Å²) in [6.45, 7) is -0.850. The van der Waals surface area contributed by atoms with Crippen LogP contribution in [0, 0.1) is 0 Å². The number of hydrogen-bond donors (Lipinski definition) is 5. The van der Waals surface area contributed by atoms with Crippen LogP contribution in [0.4, 0.5) is 0 Å². The zero-order valence-corrected chi connectivity index (χ0v) is 11.1. The summed E-state index contributed by atoms with van der Waals surface area (Å²) in [5, 5.41) is 51.2. The standard InChI is InChI=1S/C10H17N3O8/c1-20-9(18)10(19)2-4(15)6(12-13-11)8(21-10)7(17)5(16)3-14/h4-8,14-17,19H,2-3H2,1H3/t4-,5+,6+,7+,8+,10-/m0/s1. The van der Waals surface area contributed by atoms with E-state index in [4.69, 9.17) is 15.4 Å². The van der Waals surface area contributed by atoms with E-state index < -0.39 is 55.2 Å². The van der Waals surface area contributed by atoms with Crippen LogP contribution in [0.1, 0.15) is 6.42 Å². The van der Waals surface area contributed by atoms with Crippen molar-refractivity contribution >= 4 is 5.97 Å². The molecule has 120 valence electrons. The third-order valence-electron chi connectivity index (χ3n) is 3.15. The molecule has 0 unspecified atom stereocenters. The minimum Gasteiger partial charge on any atom is -0.465 e. The molecule has 11 nitrogen and oxygen atoms in total. The average molecular weight is 307 g/mol. The number of ether oxygens (including phenoxy) is 2. The SMILES string of the molecule is COC(=O)[C@]1(O)C[C@H](O)[C@@H](N=[N+]=[N-])[C@H]([C@H](O)[C@H](O)CO)O1. The first kappa shape index (κ1) is 17.6. The molecule has 1 saturated heterocycles. The van der Waals surface area contributed by atoms with Gasteiger partial charge in [0.2, 0.25) is 0 Å². The summed E-state index contributed by atoms with van der Waals surface area (Å²) in [7, 11) is 0.976. The fraction of sp³-hybridized carbons (Fsp3) is 0.900. The fourth-order valence-electron chi connectivity index (χ4n) is 2.06. The lowest BCUT2D eigenvalue weighted by Gasteiger charge is -2.43. The fourth-order valence-corrected chi connectivity index (χ4v) is 2.06. The van der Waals surface area contributed by atoms with Gasteiger partial charge in [0.05, 0.1) is 25.9 Å². The molecular formula is C10H17N3O8. The number of aliphatic hydroxyl groups is 5. The van der Waals surface area contributed by atoms with Crippen molar-refractivity contribution in [1.82, 2.24) is 0 Å². The third-order valence-corrected chi connectivity index (χ3v) is 3.15. The summed E-state index contributed by atoms with van der Waals surface area (Å²) < 4.78 is 9.31. The third kappa shape index (κ3) is 3.60. The van der Waals surface area contributed by atoms with Crippen LogP contribution in [-0.4, -0.2) is 81.5 Å². The Balaban J connectivity index is 3.11. The van der Waals surface area contributed by atoms with Gasteiger partial charge in [0.1, 0.15) is 18.3 Å². The van der Waals surface area contributed by atoms with E-state index in [2.05, 4.69) is 14.8 Å². The molecule has 0 saturated carbocycles. The van der Waals surface area contributed by atoms with Gasteiger partial charge in [0, 0.05) is 11.3 Å². The molecule has 6 atom stereocenters. The zero-order chi connectivity index (χ0) is 16.2. The number of carbonyl (C=O) groups is 1. The van der Waals surface area contributed by atoms with Crippen LogP contribution in [0.2, 0.25) is 0 Å². The van der Waals surface area contributed by atoms with E-state index in [0.717, 1.165) is 7.11 Å². The number of rotatable bonds is 5. The molecule has 5 N–H and O–H groups in total. The molecule has 0 aliphatic carbocycles. The molecule has 1 heterocycles. The van der Waals surface area contributed by atoms with Crippen LogP contribution in [0.3, 0.4) is 0 Å². The average Bonchev–Trinajstić information content (AvgIpc) is 2.47. The highest BCUT2D eigenvalue weighted by Gasteiger charge is 2.53. The van der Waals surface area contributed by atoms with E-state index in [9.17, 15) is 25.2 Å². The Morgan fingerprint density at radius 3 is 2.71 bits per heavy atom. The first-order valence-corrected chi connectivity index (χ1v) is 5.98. The quantitative estimate of drug-likeness (QED) is 0.158. The van der Waals surface area contributed by atoms with Crippen LogP contribution in [0.5, 0.6) is 0 Å². The summed E-state index contributed by atoms with van der Waals surface area (Å²) in [5.41, 5.74) is 8.46. The second-order valence-electron chi connectivity index (χ2n) is 4.57. The topological polar surface area (TPSA) is 185 Å². The van der Waals surface area contributed by atoms with Gasteiger partial charge in [0.25, 0.3) is 5.79 Å². The molecule has 0 radical (unpaired) electrons. The number of nitrogens with zero attached hydrogens (tertiary/aromatic N) is 3. The van der Waals surface area contributed by atoms with Crippen molar-refractivity contribution in [2.24, 2.45) is 5.11 Å². The number of carbonyl (C=O) groups excluding carboxylic acids is 1. The Morgan fingerprint density at radius 1 is 1.62 bits per heavy atom. The highest BCUT2D eigenvalue weighted by molar-refractivity contribution is 5.77. The monoisotopic (exact) mass is 307 g/mol. The maximum absolute atomic E-state index is 11.5. The number of esters is 1. The minimum absolute atomic E-state index is 0.651. The Morgan fingerprint density at radius 2 is 2.24 bits per heavy atom. The molecule has 0 bridgehead atoms. The van der Waals surface area contributed by atoms with Gasteiger partial charge in [-0.25, -0.2) is 4.79 Å². The molecule has 0 aromatic rings. The van der Waals surface area contributed by atoms with Gasteiger partial charge in [-0.2, -0.15) is 0 Å². The number of aliphatic hydroxyl groups excluding tert-OH is 4. The van der Waals surface area contributed by atoms with Crippen molar-refractivity contribution in [1.29, 1.82) is 0 Å². The smallest absolute Gasteiger partial charge is 0.366 e. The molecule has 0 amide bonds. The molecule has 0 spiro atoms. The first-order valence-electron chi connectivity index (χ1n) is 5.98. The first-order chi connectivity index (χ1) is 9.80. The lowest BCUT2D eigenvalue weighted by atomic mass is 9.89. The van der Waals surface area contributed by atoms with E-state index in [1.165, 1.54) is 0 Å². The van der Waals surface area contributed by atoms with Crippen LogP contribution >= 0.6 is 0 Å². The minimum atomic E-state index is -2.57. The van der Waals surface area contributed by atoms with Gasteiger partial charge in [-0.15, -0.1) is 0 Å². The largest absolute Gasteiger partial charge is 0.465 e. The van der Waals surface area contributed by atoms with E-state index in [1.807, 2.05) is 0 Å². The highest BCUT2D eigenvalue weighted by Crippen LogP contribution is 2.32. The Hall–Kier alpha value is -1.46. The number of methoxy groups -OCH3 is 1. The molecule has 11 heteroatoms. The zero-order valence-electron chi connectivity index (χ0n) is 11.1.